The molecule has 0 radical (unpaired) electrons. The molecule has 0 spiro atoms. The van der Waals surface area contributed by atoms with Crippen molar-refractivity contribution in [2.75, 3.05) is 24.9 Å². The van der Waals surface area contributed by atoms with E-state index in [0.29, 0.717) is 35.5 Å². The normalized spacial score (nSPS) is 10.3. The minimum Gasteiger partial charge on any atom is -1.00 e. The summed E-state index contributed by atoms with van der Waals surface area (Å²) in [6.07, 6.45) is 1.65. The van der Waals surface area contributed by atoms with Gasteiger partial charge in [0.05, 0.1) is 38.2 Å². The van der Waals surface area contributed by atoms with Gasteiger partial charge in [0.2, 0.25) is 5.95 Å². The average Bonchev–Trinajstić information content (AvgIpc) is 3.25. The first-order valence-electron chi connectivity index (χ1n) is 8.79. The van der Waals surface area contributed by atoms with Crippen LogP contribution in [0.25, 0.3) is 10.9 Å². The maximum absolute atomic E-state index is 5.43. The van der Waals surface area contributed by atoms with Gasteiger partial charge in [0, 0.05) is 11.5 Å². The molecule has 0 aliphatic carbocycles. The summed E-state index contributed by atoms with van der Waals surface area (Å²) in [4.78, 5) is 9.28. The molecule has 0 fully saturated rings. The summed E-state index contributed by atoms with van der Waals surface area (Å²) >= 11 is 0. The minimum absolute atomic E-state index is 0. The van der Waals surface area contributed by atoms with Crippen molar-refractivity contribution in [2.45, 2.75) is 6.54 Å². The molecule has 0 aliphatic heterocycles. The molecule has 29 heavy (non-hydrogen) atoms. The van der Waals surface area contributed by atoms with Gasteiger partial charge in [0.15, 0.2) is 0 Å². The molecule has 0 amide bonds. The zero-order valence-electron chi connectivity index (χ0n) is 16.0. The summed E-state index contributed by atoms with van der Waals surface area (Å²) in [5.41, 5.74) is 1.54. The lowest BCUT2D eigenvalue weighted by Gasteiger charge is -2.14. The van der Waals surface area contributed by atoms with Crippen LogP contribution < -0.4 is 32.5 Å². The highest BCUT2D eigenvalue weighted by Crippen LogP contribution is 2.32. The van der Waals surface area contributed by atoms with Crippen LogP contribution in [-0.2, 0) is 6.54 Å². The molecule has 0 aliphatic rings. The molecular weight excluding hydrogens is 392 g/mol. The summed E-state index contributed by atoms with van der Waals surface area (Å²) in [6.45, 7) is 0.524. The predicted octanol–water partition coefficient (Wildman–Crippen LogP) is 1.60. The van der Waals surface area contributed by atoms with Crippen molar-refractivity contribution in [1.29, 1.82) is 0 Å². The molecule has 4 rings (SSSR count). The van der Waals surface area contributed by atoms with Crippen LogP contribution in [0.1, 0.15) is 5.76 Å². The quantitative estimate of drug-likeness (QED) is 0.478. The van der Waals surface area contributed by atoms with Crippen molar-refractivity contribution in [3.05, 3.63) is 66.6 Å². The Labute approximate surface area is 174 Å². The highest BCUT2D eigenvalue weighted by atomic mass is 35.5. The summed E-state index contributed by atoms with van der Waals surface area (Å²) < 4.78 is 16.1. The Hall–Kier alpha value is -3.45. The van der Waals surface area contributed by atoms with E-state index in [1.165, 1.54) is 0 Å². The third-order valence-electron chi connectivity index (χ3n) is 4.27. The fraction of sp³-hybridized carbons (Fsp3) is 0.143. The van der Waals surface area contributed by atoms with Gasteiger partial charge in [-0.05, 0) is 36.4 Å². The molecule has 2 N–H and O–H groups in total. The van der Waals surface area contributed by atoms with Gasteiger partial charge in [-0.3, -0.25) is 0 Å². The number of para-hydroxylation sites is 1. The van der Waals surface area contributed by atoms with E-state index in [4.69, 9.17) is 13.9 Å². The molecule has 0 atom stereocenters. The third kappa shape index (κ3) is 4.52. The van der Waals surface area contributed by atoms with Crippen LogP contribution in [0.4, 0.5) is 17.5 Å². The molecule has 4 aromatic rings. The smallest absolute Gasteiger partial charge is 0.229 e. The van der Waals surface area contributed by atoms with E-state index in [2.05, 4.69) is 20.6 Å². The number of methoxy groups -OCH3 is 2. The summed E-state index contributed by atoms with van der Waals surface area (Å²) in [5.74, 6) is 3.37. The van der Waals surface area contributed by atoms with Crippen LogP contribution in [-0.4, -0.2) is 24.2 Å². The third-order valence-corrected chi connectivity index (χ3v) is 4.27. The molecule has 2 aromatic carbocycles. The van der Waals surface area contributed by atoms with Crippen molar-refractivity contribution in [1.82, 2.24) is 9.97 Å². The topological polar surface area (TPSA) is 81.4 Å². The maximum Gasteiger partial charge on any atom is 0.229 e. The number of aromatic nitrogens is 2. The first-order valence-corrected chi connectivity index (χ1v) is 8.79. The fourth-order valence-electron chi connectivity index (χ4n) is 2.88. The lowest BCUT2D eigenvalue weighted by atomic mass is 10.2. The molecule has 7 nitrogen and oxygen atoms in total. The van der Waals surface area contributed by atoms with E-state index >= 15 is 0 Å². The molecule has 8 heteroatoms. The van der Waals surface area contributed by atoms with Crippen molar-refractivity contribution in [2.24, 2.45) is 0 Å². The second kappa shape index (κ2) is 9.16. The molecule has 0 saturated carbocycles. The van der Waals surface area contributed by atoms with Gasteiger partial charge < -0.3 is 36.9 Å². The summed E-state index contributed by atoms with van der Waals surface area (Å²) in [6, 6.07) is 17.1. The zero-order chi connectivity index (χ0) is 19.3. The molecule has 0 saturated heterocycles. The van der Waals surface area contributed by atoms with Crippen LogP contribution in [0, 0.1) is 0 Å². The lowest BCUT2D eigenvalue weighted by molar-refractivity contribution is -0.00000682. The molecule has 2 aromatic heterocycles. The van der Waals surface area contributed by atoms with Crippen LogP contribution in [0.2, 0.25) is 0 Å². The minimum atomic E-state index is 0. The lowest BCUT2D eigenvalue weighted by Crippen LogP contribution is -3.00. The van der Waals surface area contributed by atoms with Gasteiger partial charge in [0.1, 0.15) is 23.1 Å². The Bertz CT molecular complexity index is 1090. The van der Waals surface area contributed by atoms with Gasteiger partial charge in [-0.25, -0.2) is 4.98 Å². The van der Waals surface area contributed by atoms with E-state index in [1.54, 1.807) is 20.5 Å². The zero-order valence-corrected chi connectivity index (χ0v) is 16.7. The number of rotatable bonds is 7. The second-order valence-corrected chi connectivity index (χ2v) is 6.04. The van der Waals surface area contributed by atoms with Crippen LogP contribution in [0.15, 0.2) is 65.3 Å². The maximum atomic E-state index is 5.43. The molecular formula is C21H20ClN4O3-. The Balaban J connectivity index is 0.00000240. The molecule has 150 valence electrons. The average molecular weight is 412 g/mol. The highest BCUT2D eigenvalue weighted by Gasteiger charge is 2.11. The second-order valence-electron chi connectivity index (χ2n) is 6.04. The Morgan fingerprint density at radius 2 is 1.83 bits per heavy atom. The molecule has 0 unspecified atom stereocenters. The number of fused-ring (bicyclic) bond motifs is 1. The van der Waals surface area contributed by atoms with Crippen LogP contribution >= 0.6 is 0 Å². The Morgan fingerprint density at radius 3 is 2.59 bits per heavy atom. The van der Waals surface area contributed by atoms with Crippen molar-refractivity contribution in [3.8, 4) is 11.5 Å². The monoisotopic (exact) mass is 411 g/mol. The number of hydrogen-bond donors (Lipinski definition) is 2. The fourth-order valence-corrected chi connectivity index (χ4v) is 2.88. The van der Waals surface area contributed by atoms with E-state index < -0.39 is 0 Å². The SMILES string of the molecule is COc1ccc(OC)c(Nc2nc(NCc3ccco3)c3ccccc3n2)c1.[Cl-]. The first kappa shape index (κ1) is 20.3. The Kier molecular flexibility index (Phi) is 6.41. The van der Waals surface area contributed by atoms with E-state index in [0.717, 1.165) is 16.7 Å². The largest absolute Gasteiger partial charge is 1.00 e. The number of nitrogens with zero attached hydrogens (tertiary/aromatic N) is 2. The van der Waals surface area contributed by atoms with Gasteiger partial charge >= 0.3 is 0 Å². The number of halogens is 1. The van der Waals surface area contributed by atoms with Crippen molar-refractivity contribution >= 4 is 28.4 Å². The number of nitrogens with one attached hydrogen (secondary N) is 2. The summed E-state index contributed by atoms with van der Waals surface area (Å²) in [5, 5.41) is 7.49. The van der Waals surface area contributed by atoms with Gasteiger partial charge in [0.25, 0.3) is 0 Å². The number of ether oxygens (including phenoxy) is 2. The molecule has 0 bridgehead atoms. The number of benzene rings is 2. The standard InChI is InChI=1S/C21H20N4O3.ClH/c1-26-14-9-10-19(27-2)18(12-14)24-21-23-17-8-4-3-7-16(17)20(25-21)22-13-15-6-5-11-28-15;/h3-12H,13H2,1-2H3,(H2,22,23,24,25);1H/p-1. The van der Waals surface area contributed by atoms with E-state index in [-0.39, 0.29) is 12.4 Å². The summed E-state index contributed by atoms with van der Waals surface area (Å²) in [7, 11) is 3.24. The first-order chi connectivity index (χ1) is 13.8. The predicted molar refractivity (Wildman–Crippen MR) is 108 cm³/mol. The van der Waals surface area contributed by atoms with E-state index in [1.807, 2.05) is 54.6 Å². The van der Waals surface area contributed by atoms with Crippen molar-refractivity contribution < 1.29 is 26.3 Å². The van der Waals surface area contributed by atoms with Crippen LogP contribution in [0.5, 0.6) is 11.5 Å². The number of hydrogen-bond acceptors (Lipinski definition) is 7. The highest BCUT2D eigenvalue weighted by molar-refractivity contribution is 5.90. The van der Waals surface area contributed by atoms with Crippen LogP contribution in [0.3, 0.4) is 0 Å². The molecule has 2 heterocycles. The van der Waals surface area contributed by atoms with Crippen molar-refractivity contribution in [3.63, 3.8) is 0 Å². The Morgan fingerprint density at radius 1 is 0.966 bits per heavy atom. The number of anilines is 3. The van der Waals surface area contributed by atoms with E-state index in [9.17, 15) is 0 Å². The number of furan rings is 1. The van der Waals surface area contributed by atoms with Gasteiger partial charge in [-0.2, -0.15) is 4.98 Å². The van der Waals surface area contributed by atoms with Gasteiger partial charge in [-0.15, -0.1) is 0 Å². The van der Waals surface area contributed by atoms with Gasteiger partial charge in [-0.1, -0.05) is 12.1 Å².